The quantitative estimate of drug-likeness (QED) is 0.460. The third kappa shape index (κ3) is 5.74. The Kier molecular flexibility index (Phi) is 6.60. The number of ether oxygens (including phenoxy) is 1. The van der Waals surface area contributed by atoms with E-state index in [0.717, 1.165) is 5.75 Å². The molecule has 0 aromatic heterocycles. The fraction of sp³-hybridized carbons (Fsp3) is 0.105. The zero-order chi connectivity index (χ0) is 17.9. The number of benzene rings is 2. The molecule has 25 heavy (non-hydrogen) atoms. The molecule has 0 aliphatic carbocycles. The van der Waals surface area contributed by atoms with Gasteiger partial charge in [0.2, 0.25) is 0 Å². The van der Waals surface area contributed by atoms with Gasteiger partial charge in [0.15, 0.2) is 0 Å². The van der Waals surface area contributed by atoms with Crippen molar-refractivity contribution < 1.29 is 9.53 Å². The maximum atomic E-state index is 12.0. The third-order valence-corrected chi connectivity index (χ3v) is 3.08. The zero-order valence-corrected chi connectivity index (χ0v) is 13.4. The van der Waals surface area contributed by atoms with Crippen LogP contribution in [0.5, 0.6) is 11.5 Å². The van der Waals surface area contributed by atoms with Gasteiger partial charge < -0.3 is 15.4 Å². The van der Waals surface area contributed by atoms with Crippen LogP contribution in [-0.2, 0) is 4.79 Å². The minimum absolute atomic E-state index is 0.0671. The Balaban J connectivity index is 1.94. The van der Waals surface area contributed by atoms with Crippen molar-refractivity contribution in [3.05, 3.63) is 66.4 Å². The topological polar surface area (TPSA) is 97.9 Å². The molecule has 6 nitrogen and oxygen atoms in total. The number of rotatable bonds is 7. The van der Waals surface area contributed by atoms with E-state index in [4.69, 9.17) is 15.3 Å². The lowest BCUT2D eigenvalue weighted by atomic mass is 10.2. The first-order valence-electron chi connectivity index (χ1n) is 7.58. The van der Waals surface area contributed by atoms with E-state index in [0.29, 0.717) is 24.4 Å². The average Bonchev–Trinajstić information content (AvgIpc) is 2.64. The summed E-state index contributed by atoms with van der Waals surface area (Å²) in [7, 11) is 0. The van der Waals surface area contributed by atoms with Crippen molar-refractivity contribution in [3.63, 3.8) is 0 Å². The summed E-state index contributed by atoms with van der Waals surface area (Å²) in [5.41, 5.74) is 0.478. The van der Waals surface area contributed by atoms with Gasteiger partial charge in [-0.05, 0) is 36.4 Å². The molecule has 0 saturated heterocycles. The number of nitrogens with zero attached hydrogens (tertiary/aromatic N) is 2. The van der Waals surface area contributed by atoms with Crippen molar-refractivity contribution >= 4 is 11.6 Å². The highest BCUT2D eigenvalue weighted by molar-refractivity contribution is 6.06. The molecule has 0 spiro atoms. The van der Waals surface area contributed by atoms with Crippen molar-refractivity contribution in [1.82, 2.24) is 5.32 Å². The molecule has 6 heteroatoms. The Hall–Kier alpha value is -3.77. The number of nitrogens with one attached hydrogen (secondary N) is 2. The van der Waals surface area contributed by atoms with Gasteiger partial charge in [0, 0.05) is 18.4 Å². The van der Waals surface area contributed by atoms with Gasteiger partial charge in [-0.25, -0.2) is 0 Å². The molecular weight excluding hydrogens is 316 g/mol. The van der Waals surface area contributed by atoms with Crippen LogP contribution in [0.2, 0.25) is 0 Å². The summed E-state index contributed by atoms with van der Waals surface area (Å²) in [5, 5.41) is 22.9. The SMILES string of the molecule is N#CCCN/C=C(/C#N)C(=O)Nc1ccc(Oc2ccccc2)cc1. The van der Waals surface area contributed by atoms with E-state index in [1.807, 2.05) is 42.5 Å². The number of anilines is 1. The van der Waals surface area contributed by atoms with Gasteiger partial charge in [0.05, 0.1) is 12.5 Å². The molecule has 2 aromatic carbocycles. The molecule has 1 amide bonds. The van der Waals surface area contributed by atoms with E-state index in [9.17, 15) is 4.79 Å². The van der Waals surface area contributed by atoms with Crippen LogP contribution in [0.15, 0.2) is 66.4 Å². The Morgan fingerprint density at radius 2 is 1.72 bits per heavy atom. The number of carbonyl (C=O) groups excluding carboxylic acids is 1. The van der Waals surface area contributed by atoms with Gasteiger partial charge in [0.1, 0.15) is 23.1 Å². The Morgan fingerprint density at radius 3 is 2.36 bits per heavy atom. The standard InChI is InChI=1S/C19H16N4O2/c20-11-4-12-22-14-15(13-21)19(24)23-16-7-9-18(10-8-16)25-17-5-2-1-3-6-17/h1-3,5-10,14,22H,4,12H2,(H,23,24)/b15-14-. The van der Waals surface area contributed by atoms with Crippen LogP contribution in [0, 0.1) is 22.7 Å². The number of hydrogen-bond donors (Lipinski definition) is 2. The number of carbonyl (C=O) groups is 1. The molecule has 124 valence electrons. The van der Waals surface area contributed by atoms with Crippen LogP contribution in [0.25, 0.3) is 0 Å². The molecule has 0 atom stereocenters. The summed E-state index contributed by atoms with van der Waals surface area (Å²) in [4.78, 5) is 12.0. The van der Waals surface area contributed by atoms with Gasteiger partial charge in [-0.15, -0.1) is 0 Å². The fourth-order valence-corrected chi connectivity index (χ4v) is 1.88. The number of amides is 1. The van der Waals surface area contributed by atoms with Crippen molar-refractivity contribution in [1.29, 1.82) is 10.5 Å². The molecule has 0 heterocycles. The lowest BCUT2D eigenvalue weighted by Crippen LogP contribution is -2.17. The van der Waals surface area contributed by atoms with Crippen molar-refractivity contribution in [2.45, 2.75) is 6.42 Å². The first-order chi connectivity index (χ1) is 12.2. The highest BCUT2D eigenvalue weighted by atomic mass is 16.5. The monoisotopic (exact) mass is 332 g/mol. The van der Waals surface area contributed by atoms with Crippen LogP contribution in [-0.4, -0.2) is 12.5 Å². The summed E-state index contributed by atoms with van der Waals surface area (Å²) in [6.45, 7) is 0.375. The second-order valence-corrected chi connectivity index (χ2v) is 4.93. The van der Waals surface area contributed by atoms with Crippen molar-refractivity contribution in [2.24, 2.45) is 0 Å². The third-order valence-electron chi connectivity index (χ3n) is 3.08. The molecule has 2 N–H and O–H groups in total. The minimum Gasteiger partial charge on any atom is -0.457 e. The maximum absolute atomic E-state index is 12.0. The van der Waals surface area contributed by atoms with Crippen LogP contribution >= 0.6 is 0 Å². The van der Waals surface area contributed by atoms with Crippen molar-refractivity contribution in [3.8, 4) is 23.6 Å². The van der Waals surface area contributed by atoms with Gasteiger partial charge in [-0.2, -0.15) is 10.5 Å². The van der Waals surface area contributed by atoms with Crippen LogP contribution in [0.3, 0.4) is 0 Å². The first kappa shape index (κ1) is 17.6. The Morgan fingerprint density at radius 1 is 1.04 bits per heavy atom. The minimum atomic E-state index is -0.524. The largest absolute Gasteiger partial charge is 0.457 e. The van der Waals surface area contributed by atoms with Crippen LogP contribution < -0.4 is 15.4 Å². The first-order valence-corrected chi connectivity index (χ1v) is 7.58. The molecule has 2 aromatic rings. The van der Waals surface area contributed by atoms with Crippen molar-refractivity contribution in [2.75, 3.05) is 11.9 Å². The highest BCUT2D eigenvalue weighted by Gasteiger charge is 2.09. The second-order valence-electron chi connectivity index (χ2n) is 4.93. The van der Waals surface area contributed by atoms with E-state index in [1.54, 1.807) is 24.3 Å². The predicted octanol–water partition coefficient (Wildman–Crippen LogP) is 3.33. The lowest BCUT2D eigenvalue weighted by Gasteiger charge is -2.08. The summed E-state index contributed by atoms with van der Waals surface area (Å²) in [6, 6.07) is 20.0. The maximum Gasteiger partial charge on any atom is 0.267 e. The van der Waals surface area contributed by atoms with E-state index < -0.39 is 5.91 Å². The number of hydrogen-bond acceptors (Lipinski definition) is 5. The van der Waals surface area contributed by atoms with Crippen LogP contribution in [0.1, 0.15) is 6.42 Å². The summed E-state index contributed by atoms with van der Waals surface area (Å²) >= 11 is 0. The van der Waals surface area contributed by atoms with Crippen LogP contribution in [0.4, 0.5) is 5.69 Å². The number of para-hydroxylation sites is 1. The van der Waals surface area contributed by atoms with E-state index in [2.05, 4.69) is 10.6 Å². The number of nitriles is 2. The average molecular weight is 332 g/mol. The molecule has 0 aliphatic rings. The molecular formula is C19H16N4O2. The molecule has 0 saturated carbocycles. The van der Waals surface area contributed by atoms with E-state index in [1.165, 1.54) is 6.20 Å². The summed E-state index contributed by atoms with van der Waals surface area (Å²) < 4.78 is 5.67. The highest BCUT2D eigenvalue weighted by Crippen LogP contribution is 2.22. The molecule has 0 unspecified atom stereocenters. The molecule has 0 radical (unpaired) electrons. The normalized spacial score (nSPS) is 10.2. The molecule has 0 fully saturated rings. The summed E-state index contributed by atoms with van der Waals surface area (Å²) in [5.74, 6) is 0.833. The van der Waals surface area contributed by atoms with Gasteiger partial charge in [0.25, 0.3) is 5.91 Å². The van der Waals surface area contributed by atoms with Gasteiger partial charge in [-0.1, -0.05) is 18.2 Å². The Labute approximate surface area is 146 Å². The predicted molar refractivity (Wildman–Crippen MR) is 93.5 cm³/mol. The van der Waals surface area contributed by atoms with Gasteiger partial charge >= 0.3 is 0 Å². The van der Waals surface area contributed by atoms with Gasteiger partial charge in [-0.3, -0.25) is 4.79 Å². The Bertz CT molecular complexity index is 815. The fourth-order valence-electron chi connectivity index (χ4n) is 1.88. The zero-order valence-electron chi connectivity index (χ0n) is 13.4. The van der Waals surface area contributed by atoms with E-state index >= 15 is 0 Å². The summed E-state index contributed by atoms with van der Waals surface area (Å²) in [6.07, 6.45) is 1.60. The molecule has 2 rings (SSSR count). The van der Waals surface area contributed by atoms with E-state index in [-0.39, 0.29) is 5.57 Å². The molecule has 0 bridgehead atoms. The smallest absolute Gasteiger partial charge is 0.267 e. The lowest BCUT2D eigenvalue weighted by molar-refractivity contribution is -0.112. The molecule has 0 aliphatic heterocycles. The second kappa shape index (κ2) is 9.39.